The number of carbonyl (C=O) groups excluding carboxylic acids is 4. The summed E-state index contributed by atoms with van der Waals surface area (Å²) < 4.78 is 9.14. The highest BCUT2D eigenvalue weighted by Gasteiger charge is 2.51. The van der Waals surface area contributed by atoms with Crippen LogP contribution in [0.1, 0.15) is 30.7 Å². The molecule has 4 atom stereocenters. The van der Waals surface area contributed by atoms with Crippen LogP contribution in [0.3, 0.4) is 0 Å². The van der Waals surface area contributed by atoms with Gasteiger partial charge in [0.05, 0.1) is 12.5 Å². The summed E-state index contributed by atoms with van der Waals surface area (Å²) in [5, 5.41) is 0. The van der Waals surface area contributed by atoms with E-state index in [0.29, 0.717) is 12.7 Å². The summed E-state index contributed by atoms with van der Waals surface area (Å²) in [4.78, 5) is 46.5. The lowest BCUT2D eigenvalue weighted by Gasteiger charge is -2.43. The van der Waals surface area contributed by atoms with Gasteiger partial charge in [0.15, 0.2) is 0 Å². The van der Waals surface area contributed by atoms with E-state index in [9.17, 15) is 19.2 Å². The largest absolute Gasteiger partial charge is 0.469 e. The number of aldehydes is 3. The smallest absolute Gasteiger partial charge is 0.312 e. The van der Waals surface area contributed by atoms with Crippen molar-refractivity contribution in [3.05, 3.63) is 35.9 Å². The highest BCUT2D eigenvalue weighted by atomic mass is 16.5. The van der Waals surface area contributed by atoms with Crippen LogP contribution >= 0.6 is 0 Å². The molecule has 6 nitrogen and oxygen atoms in total. The quantitative estimate of drug-likeness (QED) is 0.570. The maximum atomic E-state index is 12.3. The molecule has 1 aromatic carbocycles. The Hall–Kier alpha value is -2.34. The van der Waals surface area contributed by atoms with Gasteiger partial charge in [-0.15, -0.1) is 0 Å². The molecule has 0 saturated heterocycles. The Morgan fingerprint density at radius 3 is 2.15 bits per heavy atom. The molecular weight excluding hydrogens is 336 g/mol. The fourth-order valence-electron chi connectivity index (χ4n) is 3.69. The number of ether oxygens (including phenoxy) is 2. The molecule has 0 N–H and O–H groups in total. The van der Waals surface area contributed by atoms with Gasteiger partial charge in [0.25, 0.3) is 0 Å². The minimum absolute atomic E-state index is 0.0150. The second kappa shape index (κ2) is 10.6. The van der Waals surface area contributed by atoms with Crippen LogP contribution in [0.2, 0.25) is 0 Å². The van der Waals surface area contributed by atoms with E-state index >= 15 is 0 Å². The van der Waals surface area contributed by atoms with Gasteiger partial charge in [-0.25, -0.2) is 0 Å². The van der Waals surface area contributed by atoms with Crippen LogP contribution in [0.25, 0.3) is 0 Å². The minimum atomic E-state index is -1.05. The Labute approximate surface area is 153 Å². The maximum Gasteiger partial charge on any atom is 0.312 e. The van der Waals surface area contributed by atoms with E-state index in [-0.39, 0.29) is 18.8 Å². The molecule has 1 aromatic rings. The Bertz CT molecular complexity index is 600. The SMILES string of the molecule is COC.COC(=O)C1(CC=O)CC(C=O)C(C=O)C(c2ccccc2)C1. The first kappa shape index (κ1) is 21.7. The summed E-state index contributed by atoms with van der Waals surface area (Å²) in [5.41, 5.74) is -0.169. The molecule has 2 rings (SSSR count). The average molecular weight is 362 g/mol. The topological polar surface area (TPSA) is 86.7 Å². The van der Waals surface area contributed by atoms with Crippen LogP contribution in [0.4, 0.5) is 0 Å². The zero-order chi connectivity index (χ0) is 19.6. The lowest BCUT2D eigenvalue weighted by molar-refractivity contribution is -0.160. The molecule has 0 spiro atoms. The van der Waals surface area contributed by atoms with Crippen LogP contribution in [0.5, 0.6) is 0 Å². The summed E-state index contributed by atoms with van der Waals surface area (Å²) in [6.45, 7) is 0. The number of methoxy groups -OCH3 is 2. The molecule has 0 bridgehead atoms. The Morgan fingerprint density at radius 2 is 1.69 bits per heavy atom. The second-order valence-electron chi connectivity index (χ2n) is 6.49. The zero-order valence-electron chi connectivity index (χ0n) is 15.4. The van der Waals surface area contributed by atoms with E-state index in [1.807, 2.05) is 30.3 Å². The number of hydrogen-bond donors (Lipinski definition) is 0. The molecule has 0 aliphatic heterocycles. The van der Waals surface area contributed by atoms with Gasteiger partial charge in [-0.3, -0.25) is 4.79 Å². The molecule has 0 radical (unpaired) electrons. The van der Waals surface area contributed by atoms with Crippen LogP contribution in [0.15, 0.2) is 30.3 Å². The zero-order valence-corrected chi connectivity index (χ0v) is 15.4. The number of esters is 1. The third kappa shape index (κ3) is 4.85. The summed E-state index contributed by atoms with van der Waals surface area (Å²) in [7, 11) is 4.52. The molecule has 4 unspecified atom stereocenters. The van der Waals surface area contributed by atoms with E-state index in [4.69, 9.17) is 4.74 Å². The summed E-state index contributed by atoms with van der Waals surface area (Å²) in [6.07, 6.45) is 2.65. The van der Waals surface area contributed by atoms with Crippen molar-refractivity contribution in [3.63, 3.8) is 0 Å². The standard InChI is InChI=1S/C18H20O5.C2H6O/c1-23-17(22)18(7-8-19)9-14(11-20)16(12-21)15(10-18)13-5-3-2-4-6-13;1-3-2/h2-6,8,11-12,14-16H,7,9-10H2,1H3;1-2H3. The maximum absolute atomic E-state index is 12.3. The Morgan fingerprint density at radius 1 is 1.08 bits per heavy atom. The second-order valence-corrected chi connectivity index (χ2v) is 6.49. The molecular formula is C20H26O6. The van der Waals surface area contributed by atoms with Crippen LogP contribution in [-0.4, -0.2) is 46.2 Å². The molecule has 1 fully saturated rings. The van der Waals surface area contributed by atoms with Crippen LogP contribution in [-0.2, 0) is 28.7 Å². The number of rotatable bonds is 6. The number of hydrogen-bond acceptors (Lipinski definition) is 6. The minimum Gasteiger partial charge on any atom is -0.469 e. The highest BCUT2D eigenvalue weighted by Crippen LogP contribution is 2.50. The Balaban J connectivity index is 0.00000105. The summed E-state index contributed by atoms with van der Waals surface area (Å²) in [6, 6.07) is 9.30. The predicted molar refractivity (Wildman–Crippen MR) is 95.6 cm³/mol. The molecule has 1 aliphatic rings. The van der Waals surface area contributed by atoms with Crippen molar-refractivity contribution in [3.8, 4) is 0 Å². The van der Waals surface area contributed by atoms with Gasteiger partial charge in [-0.1, -0.05) is 30.3 Å². The van der Waals surface area contributed by atoms with E-state index in [2.05, 4.69) is 4.74 Å². The van der Waals surface area contributed by atoms with Crippen molar-refractivity contribution in [2.75, 3.05) is 21.3 Å². The van der Waals surface area contributed by atoms with E-state index in [1.54, 1.807) is 14.2 Å². The third-order valence-electron chi connectivity index (χ3n) is 4.85. The van der Waals surface area contributed by atoms with Crippen molar-refractivity contribution >= 4 is 24.8 Å². The molecule has 1 aliphatic carbocycles. The molecule has 1 saturated carbocycles. The molecule has 0 aromatic heterocycles. The normalized spacial score (nSPS) is 27.4. The van der Waals surface area contributed by atoms with Crippen LogP contribution in [0, 0.1) is 17.3 Å². The highest BCUT2D eigenvalue weighted by molar-refractivity contribution is 5.82. The van der Waals surface area contributed by atoms with Gasteiger partial charge in [0.2, 0.25) is 0 Å². The third-order valence-corrected chi connectivity index (χ3v) is 4.85. The Kier molecular flexibility index (Phi) is 8.85. The summed E-state index contributed by atoms with van der Waals surface area (Å²) >= 11 is 0. The van der Waals surface area contributed by atoms with E-state index in [1.165, 1.54) is 7.11 Å². The van der Waals surface area contributed by atoms with Gasteiger partial charge < -0.3 is 23.9 Å². The fraction of sp³-hybridized carbons (Fsp3) is 0.500. The molecule has 0 amide bonds. The van der Waals surface area contributed by atoms with Crippen molar-refractivity contribution in [2.45, 2.75) is 25.2 Å². The first-order valence-electron chi connectivity index (χ1n) is 8.41. The van der Waals surface area contributed by atoms with Crippen molar-refractivity contribution in [1.29, 1.82) is 0 Å². The van der Waals surface area contributed by atoms with Gasteiger partial charge in [-0.2, -0.15) is 0 Å². The van der Waals surface area contributed by atoms with E-state index < -0.39 is 23.2 Å². The van der Waals surface area contributed by atoms with Gasteiger partial charge >= 0.3 is 5.97 Å². The average Bonchev–Trinajstić information content (AvgIpc) is 2.68. The van der Waals surface area contributed by atoms with Crippen molar-refractivity contribution in [1.82, 2.24) is 0 Å². The first-order valence-corrected chi connectivity index (χ1v) is 8.41. The van der Waals surface area contributed by atoms with Gasteiger partial charge in [-0.05, 0) is 24.3 Å². The fourth-order valence-corrected chi connectivity index (χ4v) is 3.69. The van der Waals surface area contributed by atoms with Gasteiger partial charge in [0.1, 0.15) is 18.9 Å². The number of carbonyl (C=O) groups is 4. The predicted octanol–water partition coefficient (Wildman–Crippen LogP) is 2.21. The molecule has 0 heterocycles. The van der Waals surface area contributed by atoms with Gasteiger partial charge in [0, 0.05) is 32.5 Å². The molecule has 142 valence electrons. The lowest BCUT2D eigenvalue weighted by atomic mass is 9.58. The number of benzene rings is 1. The summed E-state index contributed by atoms with van der Waals surface area (Å²) in [5.74, 6) is -1.90. The van der Waals surface area contributed by atoms with Crippen molar-refractivity contribution in [2.24, 2.45) is 17.3 Å². The first-order chi connectivity index (χ1) is 12.5. The molecule has 26 heavy (non-hydrogen) atoms. The van der Waals surface area contributed by atoms with E-state index in [0.717, 1.165) is 18.1 Å². The monoisotopic (exact) mass is 362 g/mol. The molecule has 6 heteroatoms. The lowest BCUT2D eigenvalue weighted by Crippen LogP contribution is -2.45. The van der Waals surface area contributed by atoms with Crippen LogP contribution < -0.4 is 0 Å². The van der Waals surface area contributed by atoms with Crippen molar-refractivity contribution < 1.29 is 28.7 Å².